The third-order valence-corrected chi connectivity index (χ3v) is 5.62. The minimum atomic E-state index is -0.479. The molecule has 1 atom stereocenters. The Morgan fingerprint density at radius 3 is 2.57 bits per heavy atom. The fraction of sp³-hybridized carbons (Fsp3) is 0.522. The van der Waals surface area contributed by atoms with Crippen molar-refractivity contribution in [2.45, 2.75) is 64.6 Å². The number of carbonyl (C=O) groups excluding carboxylic acids is 2. The van der Waals surface area contributed by atoms with Gasteiger partial charge in [0.05, 0.1) is 13.2 Å². The number of aromatic nitrogens is 2. The van der Waals surface area contributed by atoms with E-state index < -0.39 is 5.97 Å². The van der Waals surface area contributed by atoms with Crippen LogP contribution in [0.15, 0.2) is 35.5 Å². The average molecular weight is 432 g/mol. The highest BCUT2D eigenvalue weighted by Gasteiger charge is 2.25. The summed E-state index contributed by atoms with van der Waals surface area (Å²) in [6.07, 6.45) is 6.60. The molecule has 1 aromatic carbocycles. The molecule has 1 N–H and O–H groups in total. The normalized spacial score (nSPS) is 11.9. The maximum Gasteiger partial charge on any atom is 0.358 e. The van der Waals surface area contributed by atoms with Crippen molar-refractivity contribution in [3.05, 3.63) is 41.6 Å². The molecule has 0 aliphatic heterocycles. The molecule has 0 aliphatic carbocycles. The zero-order valence-corrected chi connectivity index (χ0v) is 19.3. The van der Waals surface area contributed by atoms with E-state index in [0.717, 1.165) is 24.8 Å². The van der Waals surface area contributed by atoms with E-state index in [9.17, 15) is 9.59 Å². The Kier molecular flexibility index (Phi) is 9.94. The molecular formula is C23H33N3O3S. The van der Waals surface area contributed by atoms with Crippen molar-refractivity contribution in [2.75, 3.05) is 18.2 Å². The molecule has 0 spiro atoms. The third-order valence-electron chi connectivity index (χ3n) is 4.94. The summed E-state index contributed by atoms with van der Waals surface area (Å²) in [7, 11) is 0. The lowest BCUT2D eigenvalue weighted by atomic mass is 9.99. The minimum absolute atomic E-state index is 0.124. The SMILES string of the molecule is CCCCC(C)CCC(=O)Nc1nc(SC)n(Cc2ccccc2)c1C(=O)OCC. The van der Waals surface area contributed by atoms with Crippen LogP contribution in [0.5, 0.6) is 0 Å². The van der Waals surface area contributed by atoms with Gasteiger partial charge in [-0.05, 0) is 31.1 Å². The zero-order chi connectivity index (χ0) is 21.9. The predicted octanol–water partition coefficient (Wildman–Crippen LogP) is 5.38. The smallest absolute Gasteiger partial charge is 0.358 e. The number of nitrogens with zero attached hydrogens (tertiary/aromatic N) is 2. The monoisotopic (exact) mass is 431 g/mol. The molecule has 6 nitrogen and oxygen atoms in total. The Morgan fingerprint density at radius 1 is 1.20 bits per heavy atom. The number of anilines is 1. The van der Waals surface area contributed by atoms with E-state index in [1.165, 1.54) is 18.2 Å². The first-order valence-corrected chi connectivity index (χ1v) is 11.9. The summed E-state index contributed by atoms with van der Waals surface area (Å²) in [6, 6.07) is 9.85. The van der Waals surface area contributed by atoms with Crippen molar-refractivity contribution < 1.29 is 14.3 Å². The molecule has 0 saturated carbocycles. The van der Waals surface area contributed by atoms with Gasteiger partial charge in [0.25, 0.3) is 0 Å². The molecule has 0 bridgehead atoms. The van der Waals surface area contributed by atoms with E-state index in [1.807, 2.05) is 41.2 Å². The van der Waals surface area contributed by atoms with Crippen LogP contribution in [0.25, 0.3) is 0 Å². The first-order valence-electron chi connectivity index (χ1n) is 10.6. The molecule has 1 amide bonds. The van der Waals surface area contributed by atoms with Gasteiger partial charge in [0.1, 0.15) is 0 Å². The summed E-state index contributed by atoms with van der Waals surface area (Å²) in [5.74, 6) is 0.173. The second kappa shape index (κ2) is 12.4. The van der Waals surface area contributed by atoms with E-state index in [1.54, 1.807) is 6.92 Å². The Morgan fingerprint density at radius 2 is 1.93 bits per heavy atom. The van der Waals surface area contributed by atoms with E-state index in [4.69, 9.17) is 4.74 Å². The number of carbonyl (C=O) groups is 2. The summed E-state index contributed by atoms with van der Waals surface area (Å²) in [6.45, 7) is 6.84. The third kappa shape index (κ3) is 6.90. The van der Waals surface area contributed by atoms with Gasteiger partial charge in [-0.15, -0.1) is 0 Å². The van der Waals surface area contributed by atoms with Crippen molar-refractivity contribution in [1.82, 2.24) is 9.55 Å². The van der Waals surface area contributed by atoms with Gasteiger partial charge in [-0.3, -0.25) is 4.79 Å². The largest absolute Gasteiger partial charge is 0.461 e. The Hall–Kier alpha value is -2.28. The Labute approximate surface area is 183 Å². The Balaban J connectivity index is 2.23. The minimum Gasteiger partial charge on any atom is -0.461 e. The number of nitrogens with one attached hydrogen (secondary N) is 1. The van der Waals surface area contributed by atoms with Crippen LogP contribution in [0.4, 0.5) is 5.82 Å². The molecule has 1 heterocycles. The van der Waals surface area contributed by atoms with Crippen molar-refractivity contribution in [3.8, 4) is 0 Å². The topological polar surface area (TPSA) is 73.2 Å². The number of imidazole rings is 1. The van der Waals surface area contributed by atoms with Crippen LogP contribution in [-0.4, -0.2) is 34.3 Å². The molecule has 1 unspecified atom stereocenters. The van der Waals surface area contributed by atoms with Gasteiger partial charge in [-0.25, -0.2) is 9.78 Å². The summed E-state index contributed by atoms with van der Waals surface area (Å²) in [4.78, 5) is 29.8. The molecular weight excluding hydrogens is 398 g/mol. The summed E-state index contributed by atoms with van der Waals surface area (Å²) in [5, 5.41) is 3.52. The van der Waals surface area contributed by atoms with E-state index >= 15 is 0 Å². The molecule has 1 aromatic heterocycles. The van der Waals surface area contributed by atoms with Gasteiger partial charge >= 0.3 is 5.97 Å². The highest BCUT2D eigenvalue weighted by atomic mass is 32.2. The number of amides is 1. The number of ether oxygens (including phenoxy) is 1. The quantitative estimate of drug-likeness (QED) is 0.361. The average Bonchev–Trinajstić information content (AvgIpc) is 3.08. The van der Waals surface area contributed by atoms with Crippen molar-refractivity contribution in [1.29, 1.82) is 0 Å². The van der Waals surface area contributed by atoms with Crippen molar-refractivity contribution in [3.63, 3.8) is 0 Å². The molecule has 0 fully saturated rings. The number of esters is 1. The number of benzene rings is 1. The van der Waals surface area contributed by atoms with Gasteiger partial charge in [0.2, 0.25) is 5.91 Å². The maximum absolute atomic E-state index is 12.7. The first-order chi connectivity index (χ1) is 14.5. The van der Waals surface area contributed by atoms with Crippen LogP contribution in [0.2, 0.25) is 0 Å². The summed E-state index contributed by atoms with van der Waals surface area (Å²) < 4.78 is 7.09. The van der Waals surface area contributed by atoms with E-state index in [-0.39, 0.29) is 24.0 Å². The van der Waals surface area contributed by atoms with Gasteiger partial charge in [-0.2, -0.15) is 0 Å². The number of hydrogen-bond donors (Lipinski definition) is 1. The second-order valence-corrected chi connectivity index (χ2v) is 8.20. The molecule has 2 rings (SSSR count). The standard InChI is InChI=1S/C23H33N3O3S/c1-5-7-11-17(3)14-15-19(27)24-21-20(22(28)29-6-2)26(23(25-21)30-4)16-18-12-9-8-10-13-18/h8-10,12-13,17H,5-7,11,14-16H2,1-4H3,(H,24,27). The Bertz CT molecular complexity index is 821. The molecule has 7 heteroatoms. The van der Waals surface area contributed by atoms with Gasteiger partial charge in [-0.1, -0.05) is 75.2 Å². The lowest BCUT2D eigenvalue weighted by molar-refractivity contribution is -0.116. The zero-order valence-electron chi connectivity index (χ0n) is 18.4. The van der Waals surface area contributed by atoms with Crippen LogP contribution >= 0.6 is 11.8 Å². The van der Waals surface area contributed by atoms with Crippen LogP contribution < -0.4 is 5.32 Å². The number of rotatable bonds is 12. The van der Waals surface area contributed by atoms with Crippen LogP contribution in [0.3, 0.4) is 0 Å². The van der Waals surface area contributed by atoms with E-state index in [2.05, 4.69) is 24.1 Å². The van der Waals surface area contributed by atoms with Crippen molar-refractivity contribution in [2.24, 2.45) is 5.92 Å². The highest BCUT2D eigenvalue weighted by Crippen LogP contribution is 2.26. The fourth-order valence-corrected chi connectivity index (χ4v) is 3.82. The van der Waals surface area contributed by atoms with Crippen molar-refractivity contribution >= 4 is 29.5 Å². The molecule has 164 valence electrons. The first kappa shape index (κ1) is 24.0. The molecule has 2 aromatic rings. The molecule has 0 radical (unpaired) electrons. The lowest BCUT2D eigenvalue weighted by Gasteiger charge is -2.12. The highest BCUT2D eigenvalue weighted by molar-refractivity contribution is 7.98. The lowest BCUT2D eigenvalue weighted by Crippen LogP contribution is -2.19. The number of unbranched alkanes of at least 4 members (excludes halogenated alkanes) is 1. The van der Waals surface area contributed by atoms with Gasteiger partial charge in [0, 0.05) is 6.42 Å². The molecule has 0 aliphatic rings. The molecule has 0 saturated heterocycles. The van der Waals surface area contributed by atoms with Gasteiger partial charge < -0.3 is 14.6 Å². The van der Waals surface area contributed by atoms with Crippen LogP contribution in [0, 0.1) is 5.92 Å². The predicted molar refractivity (Wildman–Crippen MR) is 122 cm³/mol. The fourth-order valence-electron chi connectivity index (χ4n) is 3.26. The summed E-state index contributed by atoms with van der Waals surface area (Å²) >= 11 is 1.43. The summed E-state index contributed by atoms with van der Waals surface area (Å²) in [5.41, 5.74) is 1.33. The molecule has 30 heavy (non-hydrogen) atoms. The number of thioether (sulfide) groups is 1. The van der Waals surface area contributed by atoms with Crippen LogP contribution in [-0.2, 0) is 16.1 Å². The number of hydrogen-bond acceptors (Lipinski definition) is 5. The second-order valence-electron chi connectivity index (χ2n) is 7.42. The van der Waals surface area contributed by atoms with E-state index in [0.29, 0.717) is 24.0 Å². The van der Waals surface area contributed by atoms with Gasteiger partial charge in [0.15, 0.2) is 16.7 Å². The van der Waals surface area contributed by atoms with Crippen LogP contribution in [0.1, 0.15) is 68.9 Å². The maximum atomic E-state index is 12.7.